The first-order chi connectivity index (χ1) is 18.2. The molecule has 0 amide bonds. The third kappa shape index (κ3) is 23.0. The van der Waals surface area contributed by atoms with Gasteiger partial charge in [0, 0.05) is 20.8 Å². The van der Waals surface area contributed by atoms with Crippen molar-refractivity contribution in [3.63, 3.8) is 0 Å². The van der Waals surface area contributed by atoms with Crippen molar-refractivity contribution in [2.45, 2.75) is 149 Å². The van der Waals surface area contributed by atoms with Gasteiger partial charge in [0.25, 0.3) is 0 Å². The molecule has 0 aliphatic heterocycles. The second-order valence-corrected chi connectivity index (χ2v) is 10.0. The van der Waals surface area contributed by atoms with Crippen molar-refractivity contribution in [2.75, 3.05) is 13.2 Å². The van der Waals surface area contributed by atoms with Crippen molar-refractivity contribution in [3.8, 4) is 0 Å². The minimum absolute atomic E-state index is 0.0797. The summed E-state index contributed by atoms with van der Waals surface area (Å²) in [5, 5.41) is 9.31. The fourth-order valence-corrected chi connectivity index (χ4v) is 4.29. The SMILES string of the molecule is CCCCCCCCCCC[C@H](CCCCC[C@H](CC(=O)O[C@@H](CO)COC(C)=O)OC(C)=O)OC(C)=O. The predicted molar refractivity (Wildman–Crippen MR) is 144 cm³/mol. The van der Waals surface area contributed by atoms with E-state index >= 15 is 0 Å². The van der Waals surface area contributed by atoms with E-state index in [-0.39, 0.29) is 25.1 Å². The highest BCUT2D eigenvalue weighted by Crippen LogP contribution is 2.18. The Bertz CT molecular complexity index is 650. The van der Waals surface area contributed by atoms with Gasteiger partial charge >= 0.3 is 23.9 Å². The maximum Gasteiger partial charge on any atom is 0.310 e. The molecule has 9 heteroatoms. The molecule has 0 aromatic carbocycles. The molecule has 0 aromatic rings. The molecule has 0 spiro atoms. The molecule has 0 rings (SSSR count). The van der Waals surface area contributed by atoms with E-state index in [0.717, 1.165) is 44.9 Å². The van der Waals surface area contributed by atoms with Crippen molar-refractivity contribution >= 4 is 23.9 Å². The zero-order chi connectivity index (χ0) is 28.6. The molecule has 3 atom stereocenters. The van der Waals surface area contributed by atoms with Gasteiger partial charge in [0.2, 0.25) is 0 Å². The van der Waals surface area contributed by atoms with Gasteiger partial charge in [0.1, 0.15) is 18.8 Å². The summed E-state index contributed by atoms with van der Waals surface area (Å²) in [4.78, 5) is 46.2. The monoisotopic (exact) mass is 544 g/mol. The zero-order valence-electron chi connectivity index (χ0n) is 24.2. The van der Waals surface area contributed by atoms with E-state index in [0.29, 0.717) is 6.42 Å². The molecule has 0 bridgehead atoms. The summed E-state index contributed by atoms with van der Waals surface area (Å²) in [6, 6.07) is 0. The lowest BCUT2D eigenvalue weighted by molar-refractivity contribution is -0.164. The number of hydrogen-bond donors (Lipinski definition) is 1. The Morgan fingerprint density at radius 3 is 1.50 bits per heavy atom. The van der Waals surface area contributed by atoms with Gasteiger partial charge in [0.05, 0.1) is 13.0 Å². The minimum atomic E-state index is -0.964. The fraction of sp³-hybridized carbons (Fsp3) is 0.862. The van der Waals surface area contributed by atoms with Crippen LogP contribution < -0.4 is 0 Å². The number of rotatable bonds is 24. The van der Waals surface area contributed by atoms with Crippen LogP contribution in [0.1, 0.15) is 130 Å². The lowest BCUT2D eigenvalue weighted by Crippen LogP contribution is -2.30. The predicted octanol–water partition coefficient (Wildman–Crippen LogP) is 5.58. The Labute approximate surface area is 229 Å². The van der Waals surface area contributed by atoms with Crippen LogP contribution in [0.5, 0.6) is 0 Å². The van der Waals surface area contributed by atoms with E-state index in [2.05, 4.69) is 6.92 Å². The number of carbonyl (C=O) groups excluding carboxylic acids is 4. The second kappa shape index (κ2) is 23.9. The molecule has 222 valence electrons. The number of esters is 4. The highest BCUT2D eigenvalue weighted by molar-refractivity contribution is 5.71. The van der Waals surface area contributed by atoms with Gasteiger partial charge in [-0.2, -0.15) is 0 Å². The highest BCUT2D eigenvalue weighted by atomic mass is 16.6. The first kappa shape index (κ1) is 35.8. The summed E-state index contributed by atoms with van der Waals surface area (Å²) in [6.07, 6.45) is 14.0. The van der Waals surface area contributed by atoms with E-state index in [4.69, 9.17) is 18.9 Å². The molecule has 0 fully saturated rings. The Morgan fingerprint density at radius 2 is 1.03 bits per heavy atom. The number of ether oxygens (including phenoxy) is 4. The summed E-state index contributed by atoms with van der Waals surface area (Å²) in [7, 11) is 0. The molecular weight excluding hydrogens is 492 g/mol. The molecule has 0 aliphatic rings. The molecule has 0 aliphatic carbocycles. The molecule has 0 heterocycles. The number of hydrogen-bond acceptors (Lipinski definition) is 9. The highest BCUT2D eigenvalue weighted by Gasteiger charge is 2.21. The van der Waals surface area contributed by atoms with Gasteiger partial charge in [-0.25, -0.2) is 0 Å². The van der Waals surface area contributed by atoms with Crippen LogP contribution in [0, 0.1) is 0 Å². The van der Waals surface area contributed by atoms with Crippen molar-refractivity contribution in [3.05, 3.63) is 0 Å². The van der Waals surface area contributed by atoms with Gasteiger partial charge in [-0.3, -0.25) is 19.2 Å². The zero-order valence-corrected chi connectivity index (χ0v) is 24.2. The van der Waals surface area contributed by atoms with Gasteiger partial charge in [-0.1, -0.05) is 64.7 Å². The summed E-state index contributed by atoms with van der Waals surface area (Å²) in [5.41, 5.74) is 0. The van der Waals surface area contributed by atoms with Crippen LogP contribution in [0.3, 0.4) is 0 Å². The Morgan fingerprint density at radius 1 is 0.579 bits per heavy atom. The van der Waals surface area contributed by atoms with Crippen molar-refractivity contribution in [1.29, 1.82) is 0 Å². The summed E-state index contributed by atoms with van der Waals surface area (Å²) in [5.74, 6) is -1.92. The topological polar surface area (TPSA) is 125 Å². The van der Waals surface area contributed by atoms with Crippen molar-refractivity contribution in [2.24, 2.45) is 0 Å². The maximum absolute atomic E-state index is 12.2. The first-order valence-corrected chi connectivity index (χ1v) is 14.5. The van der Waals surface area contributed by atoms with E-state index in [1.807, 2.05) is 0 Å². The number of carbonyl (C=O) groups is 4. The normalized spacial score (nSPS) is 13.3. The Hall–Kier alpha value is -2.16. The Kier molecular flexibility index (Phi) is 22.6. The van der Waals surface area contributed by atoms with Gasteiger partial charge in [0.15, 0.2) is 6.10 Å². The fourth-order valence-electron chi connectivity index (χ4n) is 4.29. The largest absolute Gasteiger partial charge is 0.463 e. The summed E-state index contributed by atoms with van der Waals surface area (Å²) in [6.45, 7) is 5.45. The molecule has 0 saturated carbocycles. The van der Waals surface area contributed by atoms with Gasteiger partial charge < -0.3 is 24.1 Å². The van der Waals surface area contributed by atoms with Crippen LogP contribution in [0.15, 0.2) is 0 Å². The lowest BCUT2D eigenvalue weighted by Gasteiger charge is -2.20. The lowest BCUT2D eigenvalue weighted by atomic mass is 10.0. The third-order valence-corrected chi connectivity index (χ3v) is 6.22. The van der Waals surface area contributed by atoms with Crippen LogP contribution in [-0.2, 0) is 38.1 Å². The summed E-state index contributed by atoms with van der Waals surface area (Å²) < 4.78 is 20.7. The standard InChI is InChI=1S/C29H52O9/c1-5-6-7-8-9-10-11-12-14-17-26(36-24(3)32)18-15-13-16-19-27(37-25(4)33)20-29(34)38-28(21-30)22-35-23(2)31/h26-28,30H,5-22H2,1-4H3/t26-,27-,28+/m1/s1. The summed E-state index contributed by atoms with van der Waals surface area (Å²) >= 11 is 0. The van der Waals surface area contributed by atoms with Gasteiger partial charge in [-0.05, 0) is 38.5 Å². The average molecular weight is 545 g/mol. The number of aliphatic hydroxyl groups excluding tert-OH is 1. The second-order valence-electron chi connectivity index (χ2n) is 10.0. The maximum atomic E-state index is 12.2. The molecule has 0 radical (unpaired) electrons. The first-order valence-electron chi connectivity index (χ1n) is 14.5. The van der Waals surface area contributed by atoms with Crippen molar-refractivity contribution < 1.29 is 43.2 Å². The number of aliphatic hydroxyl groups is 1. The molecule has 38 heavy (non-hydrogen) atoms. The molecule has 1 N–H and O–H groups in total. The third-order valence-electron chi connectivity index (χ3n) is 6.22. The van der Waals surface area contributed by atoms with E-state index in [1.165, 1.54) is 65.7 Å². The van der Waals surface area contributed by atoms with Crippen LogP contribution in [0.2, 0.25) is 0 Å². The molecule has 0 unspecified atom stereocenters. The smallest absolute Gasteiger partial charge is 0.310 e. The van der Waals surface area contributed by atoms with E-state index < -0.39 is 36.7 Å². The van der Waals surface area contributed by atoms with Crippen LogP contribution in [0.25, 0.3) is 0 Å². The minimum Gasteiger partial charge on any atom is -0.463 e. The Balaban J connectivity index is 4.33. The average Bonchev–Trinajstić information content (AvgIpc) is 2.84. The van der Waals surface area contributed by atoms with E-state index in [9.17, 15) is 24.3 Å². The molecule has 0 aromatic heterocycles. The van der Waals surface area contributed by atoms with Crippen LogP contribution in [-0.4, -0.2) is 60.5 Å². The van der Waals surface area contributed by atoms with Crippen molar-refractivity contribution in [1.82, 2.24) is 0 Å². The molecule has 9 nitrogen and oxygen atoms in total. The van der Waals surface area contributed by atoms with Crippen LogP contribution >= 0.6 is 0 Å². The van der Waals surface area contributed by atoms with Crippen LogP contribution in [0.4, 0.5) is 0 Å². The molecule has 0 saturated heterocycles. The van der Waals surface area contributed by atoms with Gasteiger partial charge in [-0.15, -0.1) is 0 Å². The number of unbranched alkanes of at least 4 members (excludes halogenated alkanes) is 10. The van der Waals surface area contributed by atoms with E-state index in [1.54, 1.807) is 0 Å². The quantitative estimate of drug-likeness (QED) is 0.0941. The molecular formula is C29H52O9.